The van der Waals surface area contributed by atoms with Crippen molar-refractivity contribution in [1.29, 1.82) is 0 Å². The van der Waals surface area contributed by atoms with Crippen molar-refractivity contribution in [1.82, 2.24) is 5.32 Å². The number of ether oxygens (including phenoxy) is 1. The van der Waals surface area contributed by atoms with Gasteiger partial charge in [0, 0.05) is 0 Å². The molecule has 0 aromatic carbocycles. The predicted octanol–water partition coefficient (Wildman–Crippen LogP) is 2.89. The number of esters is 1. The van der Waals surface area contributed by atoms with Gasteiger partial charge in [0.15, 0.2) is 0 Å². The van der Waals surface area contributed by atoms with Gasteiger partial charge in [-0.05, 0) is 50.5 Å². The number of carbonyl (C=O) groups is 1. The third kappa shape index (κ3) is 3.71. The fourth-order valence-corrected chi connectivity index (χ4v) is 3.28. The Morgan fingerprint density at radius 3 is 2.83 bits per heavy atom. The molecule has 2 aliphatic rings. The lowest BCUT2D eigenvalue weighted by molar-refractivity contribution is -0.154. The fourth-order valence-electron chi connectivity index (χ4n) is 3.28. The SMILES string of the molecule is CCC1CCNC(C(=O)OC2CCCC(C)C2)C1. The molecule has 0 amide bonds. The average Bonchev–Trinajstić information content (AvgIpc) is 2.39. The summed E-state index contributed by atoms with van der Waals surface area (Å²) in [5.74, 6) is 1.39. The molecule has 2 fully saturated rings. The molecule has 0 bridgehead atoms. The Morgan fingerprint density at radius 2 is 2.11 bits per heavy atom. The Hall–Kier alpha value is -0.570. The van der Waals surface area contributed by atoms with E-state index in [2.05, 4.69) is 19.2 Å². The highest BCUT2D eigenvalue weighted by Crippen LogP contribution is 2.27. The molecular formula is C15H27NO2. The van der Waals surface area contributed by atoms with Crippen LogP contribution in [0.15, 0.2) is 0 Å². The van der Waals surface area contributed by atoms with Crippen LogP contribution in [-0.4, -0.2) is 24.7 Å². The molecule has 2 rings (SSSR count). The largest absolute Gasteiger partial charge is 0.461 e. The highest BCUT2D eigenvalue weighted by molar-refractivity contribution is 5.76. The summed E-state index contributed by atoms with van der Waals surface area (Å²) in [4.78, 5) is 12.1. The Morgan fingerprint density at radius 1 is 1.28 bits per heavy atom. The third-order valence-electron chi connectivity index (χ3n) is 4.55. The molecule has 0 aromatic heterocycles. The minimum atomic E-state index is -0.0547. The molecule has 1 saturated heterocycles. The molecule has 1 aliphatic heterocycles. The fraction of sp³-hybridized carbons (Fsp3) is 0.933. The lowest BCUT2D eigenvalue weighted by atomic mass is 9.88. The molecule has 0 radical (unpaired) electrons. The zero-order valence-corrected chi connectivity index (χ0v) is 11.8. The first kappa shape index (κ1) is 13.9. The maximum absolute atomic E-state index is 12.1. The van der Waals surface area contributed by atoms with E-state index in [4.69, 9.17) is 4.74 Å². The minimum absolute atomic E-state index is 0.00718. The molecule has 4 atom stereocenters. The summed E-state index contributed by atoms with van der Waals surface area (Å²) in [7, 11) is 0. The van der Waals surface area contributed by atoms with Gasteiger partial charge in [0.25, 0.3) is 0 Å². The van der Waals surface area contributed by atoms with Gasteiger partial charge in [-0.2, -0.15) is 0 Å². The van der Waals surface area contributed by atoms with Crippen LogP contribution in [0.4, 0.5) is 0 Å². The van der Waals surface area contributed by atoms with E-state index in [1.807, 2.05) is 0 Å². The number of hydrogen-bond donors (Lipinski definition) is 1. The van der Waals surface area contributed by atoms with Crippen molar-refractivity contribution in [2.24, 2.45) is 11.8 Å². The summed E-state index contributed by atoms with van der Waals surface area (Å²) in [5, 5.41) is 3.31. The van der Waals surface area contributed by atoms with Crippen molar-refractivity contribution in [3.05, 3.63) is 0 Å². The molecule has 3 nitrogen and oxygen atoms in total. The zero-order chi connectivity index (χ0) is 13.0. The summed E-state index contributed by atoms with van der Waals surface area (Å²) in [6.07, 6.45) is 8.09. The quantitative estimate of drug-likeness (QED) is 0.786. The Kier molecular flexibility index (Phi) is 5.04. The molecule has 0 spiro atoms. The van der Waals surface area contributed by atoms with E-state index in [0.29, 0.717) is 11.8 Å². The molecule has 104 valence electrons. The van der Waals surface area contributed by atoms with Gasteiger partial charge in [-0.3, -0.25) is 4.79 Å². The second-order valence-corrected chi connectivity index (χ2v) is 6.14. The topological polar surface area (TPSA) is 38.3 Å². The van der Waals surface area contributed by atoms with Crippen LogP contribution in [0.1, 0.15) is 58.8 Å². The summed E-state index contributed by atoms with van der Waals surface area (Å²) < 4.78 is 5.69. The minimum Gasteiger partial charge on any atom is -0.461 e. The summed E-state index contributed by atoms with van der Waals surface area (Å²) in [5.41, 5.74) is 0. The number of piperidine rings is 1. The molecule has 1 N–H and O–H groups in total. The van der Waals surface area contributed by atoms with Gasteiger partial charge in [0.2, 0.25) is 0 Å². The van der Waals surface area contributed by atoms with Gasteiger partial charge < -0.3 is 10.1 Å². The van der Waals surface area contributed by atoms with E-state index in [9.17, 15) is 4.79 Å². The van der Waals surface area contributed by atoms with Crippen LogP contribution >= 0.6 is 0 Å². The van der Waals surface area contributed by atoms with E-state index in [1.54, 1.807) is 0 Å². The standard InChI is InChI=1S/C15H27NO2/c1-3-12-7-8-16-14(10-12)15(17)18-13-6-4-5-11(2)9-13/h11-14,16H,3-10H2,1-2H3. The Labute approximate surface area is 111 Å². The summed E-state index contributed by atoms with van der Waals surface area (Å²) >= 11 is 0. The lowest BCUT2D eigenvalue weighted by Crippen LogP contribution is -2.45. The van der Waals surface area contributed by atoms with E-state index in [-0.39, 0.29) is 18.1 Å². The van der Waals surface area contributed by atoms with Crippen molar-refractivity contribution in [3.8, 4) is 0 Å². The van der Waals surface area contributed by atoms with Crippen LogP contribution in [0.5, 0.6) is 0 Å². The van der Waals surface area contributed by atoms with Crippen LogP contribution in [0.25, 0.3) is 0 Å². The van der Waals surface area contributed by atoms with Crippen molar-refractivity contribution in [3.63, 3.8) is 0 Å². The van der Waals surface area contributed by atoms with Gasteiger partial charge in [-0.1, -0.05) is 26.7 Å². The molecule has 1 saturated carbocycles. The summed E-state index contributed by atoms with van der Waals surface area (Å²) in [6, 6.07) is -0.0547. The van der Waals surface area contributed by atoms with E-state index in [1.165, 1.54) is 25.7 Å². The number of rotatable bonds is 3. The van der Waals surface area contributed by atoms with Crippen LogP contribution in [0.2, 0.25) is 0 Å². The number of carbonyl (C=O) groups excluding carboxylic acids is 1. The van der Waals surface area contributed by atoms with Crippen molar-refractivity contribution < 1.29 is 9.53 Å². The van der Waals surface area contributed by atoms with Crippen LogP contribution < -0.4 is 5.32 Å². The third-order valence-corrected chi connectivity index (χ3v) is 4.55. The van der Waals surface area contributed by atoms with Crippen LogP contribution in [-0.2, 0) is 9.53 Å². The van der Waals surface area contributed by atoms with Gasteiger partial charge >= 0.3 is 5.97 Å². The van der Waals surface area contributed by atoms with Crippen molar-refractivity contribution in [2.45, 2.75) is 70.9 Å². The first-order valence-corrected chi connectivity index (χ1v) is 7.63. The van der Waals surface area contributed by atoms with Crippen molar-refractivity contribution in [2.75, 3.05) is 6.54 Å². The lowest BCUT2D eigenvalue weighted by Gasteiger charge is -2.31. The molecule has 4 unspecified atom stereocenters. The Balaban J connectivity index is 1.79. The molecule has 3 heteroatoms. The van der Waals surface area contributed by atoms with Gasteiger partial charge in [-0.25, -0.2) is 0 Å². The predicted molar refractivity (Wildman–Crippen MR) is 72.3 cm³/mol. The van der Waals surface area contributed by atoms with E-state index in [0.717, 1.165) is 25.8 Å². The zero-order valence-electron chi connectivity index (χ0n) is 11.8. The van der Waals surface area contributed by atoms with Crippen molar-refractivity contribution >= 4 is 5.97 Å². The van der Waals surface area contributed by atoms with Gasteiger partial charge in [0.05, 0.1) is 0 Å². The number of nitrogens with one attached hydrogen (secondary N) is 1. The highest BCUT2D eigenvalue weighted by atomic mass is 16.5. The number of hydrogen-bond acceptors (Lipinski definition) is 3. The molecule has 18 heavy (non-hydrogen) atoms. The molecule has 0 aromatic rings. The second-order valence-electron chi connectivity index (χ2n) is 6.14. The van der Waals surface area contributed by atoms with Gasteiger partial charge in [-0.15, -0.1) is 0 Å². The highest BCUT2D eigenvalue weighted by Gasteiger charge is 2.30. The maximum atomic E-state index is 12.1. The molecular weight excluding hydrogens is 226 g/mol. The van der Waals surface area contributed by atoms with Crippen LogP contribution in [0.3, 0.4) is 0 Å². The molecule has 1 heterocycles. The molecule has 1 aliphatic carbocycles. The first-order chi connectivity index (χ1) is 8.69. The van der Waals surface area contributed by atoms with E-state index >= 15 is 0 Å². The summed E-state index contributed by atoms with van der Waals surface area (Å²) in [6.45, 7) is 5.42. The Bertz CT molecular complexity index is 280. The van der Waals surface area contributed by atoms with E-state index < -0.39 is 0 Å². The smallest absolute Gasteiger partial charge is 0.323 e. The second kappa shape index (κ2) is 6.55. The first-order valence-electron chi connectivity index (χ1n) is 7.63. The average molecular weight is 253 g/mol. The van der Waals surface area contributed by atoms with Gasteiger partial charge in [0.1, 0.15) is 12.1 Å². The van der Waals surface area contributed by atoms with Crippen LogP contribution in [0, 0.1) is 11.8 Å². The maximum Gasteiger partial charge on any atom is 0.323 e. The monoisotopic (exact) mass is 253 g/mol. The normalized spacial score (nSPS) is 37.2.